The van der Waals surface area contributed by atoms with Crippen molar-refractivity contribution in [3.05, 3.63) is 65.2 Å². The van der Waals surface area contributed by atoms with Crippen LogP contribution in [0.4, 0.5) is 0 Å². The van der Waals surface area contributed by atoms with Gasteiger partial charge in [-0.15, -0.1) is 0 Å². The first-order chi connectivity index (χ1) is 20.7. The Kier molecular flexibility index (Phi) is 10.1. The van der Waals surface area contributed by atoms with Crippen LogP contribution in [0.2, 0.25) is 0 Å². The van der Waals surface area contributed by atoms with Gasteiger partial charge in [-0.05, 0) is 71.5 Å². The highest BCUT2D eigenvalue weighted by Gasteiger charge is 2.40. The molecule has 0 aliphatic carbocycles. The Morgan fingerprint density at radius 3 is 1.93 bits per heavy atom. The molecule has 3 atom stereocenters. The predicted octanol–water partition coefficient (Wildman–Crippen LogP) is 4.65. The Hall–Kier alpha value is -4.77. The molecule has 230 valence electrons. The molecule has 1 aliphatic heterocycles. The average molecular weight is 597 g/mol. The normalized spacial score (nSPS) is 17.9. The van der Waals surface area contributed by atoms with Crippen LogP contribution in [0.15, 0.2) is 48.5 Å². The Balaban J connectivity index is 1.60. The highest BCUT2D eigenvalue weighted by Crippen LogP contribution is 2.46. The van der Waals surface area contributed by atoms with Crippen LogP contribution >= 0.6 is 0 Å². The molecule has 4 rings (SSSR count). The van der Waals surface area contributed by atoms with E-state index in [1.807, 2.05) is 0 Å². The molecule has 43 heavy (non-hydrogen) atoms. The molecule has 3 N–H and O–H groups in total. The lowest BCUT2D eigenvalue weighted by molar-refractivity contribution is -0.139. The molecule has 0 radical (unpaired) electrons. The highest BCUT2D eigenvalue weighted by atomic mass is 16.5. The molecular weight excluding hydrogens is 560 g/mol. The van der Waals surface area contributed by atoms with Crippen molar-refractivity contribution >= 4 is 12.0 Å². The molecule has 1 aliphatic rings. The molecule has 0 saturated carbocycles. The van der Waals surface area contributed by atoms with Crippen LogP contribution in [-0.2, 0) is 20.7 Å². The minimum absolute atomic E-state index is 0.00750. The summed E-state index contributed by atoms with van der Waals surface area (Å²) in [5.41, 5.74) is 2.16. The molecule has 1 fully saturated rings. The quantitative estimate of drug-likeness (QED) is 0.199. The summed E-state index contributed by atoms with van der Waals surface area (Å²) in [5.74, 6) is 0.0440. The van der Waals surface area contributed by atoms with E-state index in [2.05, 4.69) is 0 Å². The molecule has 3 aromatic rings. The summed E-state index contributed by atoms with van der Waals surface area (Å²) in [6.07, 6.45) is 2.84. The van der Waals surface area contributed by atoms with E-state index in [1.165, 1.54) is 47.7 Å². The second-order valence-electron chi connectivity index (χ2n) is 9.90. The largest absolute Gasteiger partial charge is 0.504 e. The lowest BCUT2D eigenvalue weighted by atomic mass is 9.84. The summed E-state index contributed by atoms with van der Waals surface area (Å²) >= 11 is 0. The second-order valence-corrected chi connectivity index (χ2v) is 9.90. The summed E-state index contributed by atoms with van der Waals surface area (Å²) in [7, 11) is 7.25. The molecule has 3 unspecified atom stereocenters. The number of phenolic OH excluding ortho intramolecular Hbond substituents is 3. The van der Waals surface area contributed by atoms with Gasteiger partial charge in [0.25, 0.3) is 0 Å². The second kappa shape index (κ2) is 13.9. The first-order valence-corrected chi connectivity index (χ1v) is 13.4. The average Bonchev–Trinajstić information content (AvgIpc) is 3.42. The number of carbonyl (C=O) groups is 1. The van der Waals surface area contributed by atoms with Crippen LogP contribution < -0.4 is 23.7 Å². The van der Waals surface area contributed by atoms with Gasteiger partial charge in [0.15, 0.2) is 34.5 Å². The Morgan fingerprint density at radius 1 is 0.814 bits per heavy atom. The molecular formula is C32H36O11. The van der Waals surface area contributed by atoms with Gasteiger partial charge < -0.3 is 48.5 Å². The number of aromatic hydroxyl groups is 3. The van der Waals surface area contributed by atoms with Gasteiger partial charge >= 0.3 is 5.97 Å². The maximum absolute atomic E-state index is 12.8. The van der Waals surface area contributed by atoms with Crippen LogP contribution in [0.3, 0.4) is 0 Å². The number of hydrogen-bond acceptors (Lipinski definition) is 11. The van der Waals surface area contributed by atoms with Crippen LogP contribution in [0.1, 0.15) is 22.8 Å². The Labute approximate surface area is 249 Å². The fourth-order valence-corrected chi connectivity index (χ4v) is 5.13. The van der Waals surface area contributed by atoms with Crippen molar-refractivity contribution in [2.45, 2.75) is 12.5 Å². The topological polar surface area (TPSA) is 142 Å². The molecule has 0 bridgehead atoms. The monoisotopic (exact) mass is 596 g/mol. The van der Waals surface area contributed by atoms with E-state index in [-0.39, 0.29) is 64.4 Å². The smallest absolute Gasteiger partial charge is 0.330 e. The van der Waals surface area contributed by atoms with Crippen LogP contribution in [-0.4, -0.2) is 70.1 Å². The van der Waals surface area contributed by atoms with Gasteiger partial charge in [0.05, 0.1) is 54.9 Å². The van der Waals surface area contributed by atoms with E-state index in [0.29, 0.717) is 24.2 Å². The lowest BCUT2D eigenvalue weighted by Crippen LogP contribution is -2.24. The van der Waals surface area contributed by atoms with Gasteiger partial charge in [-0.1, -0.05) is 6.07 Å². The van der Waals surface area contributed by atoms with Gasteiger partial charge in [0.2, 0.25) is 11.5 Å². The molecule has 0 spiro atoms. The number of rotatable bonds is 12. The third-order valence-electron chi connectivity index (χ3n) is 7.39. The van der Waals surface area contributed by atoms with Gasteiger partial charge in [0.1, 0.15) is 0 Å². The molecule has 3 aromatic carbocycles. The van der Waals surface area contributed by atoms with Crippen molar-refractivity contribution < 1.29 is 53.3 Å². The standard InChI is InChI=1S/C32H36O11/c1-37-24-11-18(6-8-23(24)33)7-9-29(34)42-17-22-21(10-19-12-25(38-2)30(35)26(13-19)39-3)16-43-32(22)20-14-27(40-4)31(36)28(15-20)41-5/h6-9,11-15,21-22,32-33,35-36H,10,16-17H2,1-5H3. The molecule has 11 nitrogen and oxygen atoms in total. The van der Waals surface area contributed by atoms with Crippen molar-refractivity contribution in [1.82, 2.24) is 0 Å². The van der Waals surface area contributed by atoms with Crippen LogP contribution in [0.5, 0.6) is 46.0 Å². The number of hydrogen-bond donors (Lipinski definition) is 3. The van der Waals surface area contributed by atoms with Crippen molar-refractivity contribution in [2.75, 3.05) is 48.8 Å². The fourth-order valence-electron chi connectivity index (χ4n) is 5.13. The van der Waals surface area contributed by atoms with E-state index >= 15 is 0 Å². The van der Waals surface area contributed by atoms with E-state index in [4.69, 9.17) is 33.2 Å². The zero-order valence-electron chi connectivity index (χ0n) is 24.7. The molecule has 0 amide bonds. The van der Waals surface area contributed by atoms with Gasteiger partial charge in [-0.2, -0.15) is 0 Å². The fraction of sp³-hybridized carbons (Fsp3) is 0.344. The minimum Gasteiger partial charge on any atom is -0.504 e. The first-order valence-electron chi connectivity index (χ1n) is 13.4. The van der Waals surface area contributed by atoms with E-state index in [0.717, 1.165) is 5.56 Å². The van der Waals surface area contributed by atoms with Crippen molar-refractivity contribution in [3.63, 3.8) is 0 Å². The first kappa shape index (κ1) is 31.2. The number of carbonyl (C=O) groups excluding carboxylic acids is 1. The predicted molar refractivity (Wildman–Crippen MR) is 156 cm³/mol. The molecule has 1 saturated heterocycles. The number of benzene rings is 3. The maximum Gasteiger partial charge on any atom is 0.330 e. The zero-order chi connectivity index (χ0) is 31.1. The zero-order valence-corrected chi connectivity index (χ0v) is 24.7. The highest BCUT2D eigenvalue weighted by molar-refractivity contribution is 5.87. The maximum atomic E-state index is 12.8. The van der Waals surface area contributed by atoms with E-state index < -0.39 is 12.1 Å². The van der Waals surface area contributed by atoms with E-state index in [1.54, 1.807) is 42.5 Å². The molecule has 1 heterocycles. The third-order valence-corrected chi connectivity index (χ3v) is 7.39. The Morgan fingerprint density at radius 2 is 1.37 bits per heavy atom. The number of ether oxygens (including phenoxy) is 7. The Bertz CT molecular complexity index is 1420. The van der Waals surface area contributed by atoms with E-state index in [9.17, 15) is 20.1 Å². The summed E-state index contributed by atoms with van der Waals surface area (Å²) in [6.45, 7) is 0.363. The summed E-state index contributed by atoms with van der Waals surface area (Å²) in [6, 6.07) is 11.5. The summed E-state index contributed by atoms with van der Waals surface area (Å²) < 4.78 is 38.4. The van der Waals surface area contributed by atoms with Crippen LogP contribution in [0.25, 0.3) is 6.08 Å². The van der Waals surface area contributed by atoms with Crippen molar-refractivity contribution in [1.29, 1.82) is 0 Å². The van der Waals surface area contributed by atoms with Gasteiger partial charge in [0, 0.05) is 12.0 Å². The van der Waals surface area contributed by atoms with Gasteiger partial charge in [-0.25, -0.2) is 4.79 Å². The van der Waals surface area contributed by atoms with Crippen molar-refractivity contribution in [3.8, 4) is 46.0 Å². The lowest BCUT2D eigenvalue weighted by Gasteiger charge is -2.24. The van der Waals surface area contributed by atoms with Crippen molar-refractivity contribution in [2.24, 2.45) is 11.8 Å². The minimum atomic E-state index is -0.565. The van der Waals surface area contributed by atoms with Gasteiger partial charge in [-0.3, -0.25) is 0 Å². The van der Waals surface area contributed by atoms with Crippen LogP contribution in [0, 0.1) is 11.8 Å². The number of phenols is 3. The number of methoxy groups -OCH3 is 5. The molecule has 11 heteroatoms. The summed E-state index contributed by atoms with van der Waals surface area (Å²) in [5, 5.41) is 30.6. The third kappa shape index (κ3) is 7.00. The molecule has 0 aromatic heterocycles. The summed E-state index contributed by atoms with van der Waals surface area (Å²) in [4.78, 5) is 12.8. The SMILES string of the molecule is COc1cc(C=CC(=O)OCC2C(Cc3cc(OC)c(O)c(OC)c3)COC2c2cc(OC)c(O)c(OC)c2)ccc1O. The number of esters is 1.